The number of hydrogen-bond donors (Lipinski definition) is 0. The fourth-order valence-corrected chi connectivity index (χ4v) is 6.14. The van der Waals surface area contributed by atoms with Gasteiger partial charge in [-0.15, -0.1) is 0 Å². The minimum absolute atomic E-state index is 0.0969. The maximum atomic E-state index is 12.9. The second kappa shape index (κ2) is 9.14. The van der Waals surface area contributed by atoms with Gasteiger partial charge in [0.05, 0.1) is 10.9 Å². The van der Waals surface area contributed by atoms with Crippen molar-refractivity contribution in [2.24, 2.45) is 9.81 Å². The molecule has 1 aliphatic carbocycles. The maximum Gasteiger partial charge on any atom is 0.410 e. The number of carbonyl (C=O) groups is 1. The average molecular weight is 487 g/mol. The molecule has 32 heavy (non-hydrogen) atoms. The molecule has 2 rings (SSSR count). The van der Waals surface area contributed by atoms with Crippen LogP contribution >= 0.6 is 0 Å². The number of nitrogens with zero attached hydrogens (tertiary/aromatic N) is 2. The van der Waals surface area contributed by atoms with Crippen LogP contribution in [-0.2, 0) is 20.1 Å². The first-order valence-corrected chi connectivity index (χ1v) is 15.9. The van der Waals surface area contributed by atoms with Crippen molar-refractivity contribution in [3.63, 3.8) is 0 Å². The highest BCUT2D eigenvalue weighted by Gasteiger charge is 2.50. The van der Waals surface area contributed by atoms with Gasteiger partial charge in [0, 0.05) is 30.6 Å². The van der Waals surface area contributed by atoms with Crippen LogP contribution in [0.4, 0.5) is 4.79 Å². The van der Waals surface area contributed by atoms with Gasteiger partial charge >= 0.3 is 6.09 Å². The van der Waals surface area contributed by atoms with Gasteiger partial charge in [0.2, 0.25) is 0 Å². The lowest BCUT2D eigenvalue weighted by atomic mass is 9.76. The Hall–Kier alpha value is -0.733. The molecule has 1 saturated carbocycles. The van der Waals surface area contributed by atoms with E-state index in [0.29, 0.717) is 13.1 Å². The molecular formula is C24H46N2O4SSi. The van der Waals surface area contributed by atoms with Gasteiger partial charge in [-0.2, -0.15) is 4.40 Å². The largest absolute Gasteiger partial charge is 0.444 e. The smallest absolute Gasteiger partial charge is 0.410 e. The molecule has 8 heteroatoms. The number of likely N-dealkylation sites (tertiary alicyclic amines) is 1. The van der Waals surface area contributed by atoms with E-state index in [9.17, 15) is 9.00 Å². The first kappa shape index (κ1) is 27.5. The molecule has 1 aliphatic heterocycles. The van der Waals surface area contributed by atoms with Gasteiger partial charge in [-0.25, -0.2) is 9.00 Å². The highest BCUT2D eigenvalue weighted by atomic mass is 32.2. The van der Waals surface area contributed by atoms with Crippen LogP contribution in [0.15, 0.2) is 4.40 Å². The summed E-state index contributed by atoms with van der Waals surface area (Å²) in [5.74, 6) is 0. The molecule has 0 N–H and O–H groups in total. The van der Waals surface area contributed by atoms with Crippen LogP contribution in [0.1, 0.15) is 88.0 Å². The average Bonchev–Trinajstić information content (AvgIpc) is 2.87. The Bertz CT molecular complexity index is 751. The monoisotopic (exact) mass is 486 g/mol. The van der Waals surface area contributed by atoms with Crippen molar-refractivity contribution in [2.75, 3.05) is 13.1 Å². The summed E-state index contributed by atoms with van der Waals surface area (Å²) in [6.45, 7) is 24.2. The lowest BCUT2D eigenvalue weighted by Crippen LogP contribution is -2.47. The molecule has 2 fully saturated rings. The predicted octanol–water partition coefficient (Wildman–Crippen LogP) is 6.09. The minimum Gasteiger partial charge on any atom is -0.444 e. The van der Waals surface area contributed by atoms with E-state index in [-0.39, 0.29) is 22.7 Å². The molecule has 0 aromatic heterocycles. The van der Waals surface area contributed by atoms with Crippen molar-refractivity contribution in [1.29, 1.82) is 0 Å². The minimum atomic E-state index is -1.93. The van der Waals surface area contributed by atoms with E-state index < -0.39 is 29.7 Å². The van der Waals surface area contributed by atoms with E-state index in [4.69, 9.17) is 13.6 Å². The molecule has 1 unspecified atom stereocenters. The van der Waals surface area contributed by atoms with Crippen molar-refractivity contribution < 1.29 is 18.2 Å². The van der Waals surface area contributed by atoms with Crippen LogP contribution in [0, 0.1) is 5.41 Å². The number of amides is 1. The number of ether oxygens (including phenoxy) is 1. The standard InChI is InChI=1S/C24H46N2O4SSi/c1-21(2,3)29-20(27)26-14-12-24(13-15-26)17-18(30-32(10,11)23(7,8)9)16-19(24)25-31(28)22(4,5)6/h18H,12-17H2,1-11H3/t18?,31-/m1/s1. The second-order valence-electron chi connectivity index (χ2n) is 13.1. The molecular weight excluding hydrogens is 440 g/mol. The van der Waals surface area contributed by atoms with Crippen LogP contribution in [0.3, 0.4) is 0 Å². The highest BCUT2D eigenvalue weighted by Crippen LogP contribution is 2.48. The van der Waals surface area contributed by atoms with Crippen LogP contribution in [0.5, 0.6) is 0 Å². The van der Waals surface area contributed by atoms with Crippen molar-refractivity contribution in [2.45, 2.75) is 123 Å². The van der Waals surface area contributed by atoms with Crippen molar-refractivity contribution >= 4 is 31.1 Å². The molecule has 2 aliphatic rings. The molecule has 0 radical (unpaired) electrons. The number of carbonyl (C=O) groups excluding carboxylic acids is 1. The lowest BCUT2D eigenvalue weighted by molar-refractivity contribution is 0.0143. The van der Waals surface area contributed by atoms with Gasteiger partial charge in [-0.05, 0) is 78.9 Å². The van der Waals surface area contributed by atoms with Gasteiger partial charge in [0.1, 0.15) is 16.6 Å². The van der Waals surface area contributed by atoms with Gasteiger partial charge in [0.15, 0.2) is 8.32 Å². The number of rotatable bonds is 3. The number of piperidine rings is 1. The Morgan fingerprint density at radius 3 is 2.03 bits per heavy atom. The van der Waals surface area contributed by atoms with E-state index in [2.05, 4.69) is 33.9 Å². The highest BCUT2D eigenvalue weighted by molar-refractivity contribution is 7.85. The third kappa shape index (κ3) is 6.66. The van der Waals surface area contributed by atoms with Crippen LogP contribution in [0.25, 0.3) is 0 Å². The van der Waals surface area contributed by atoms with E-state index >= 15 is 0 Å². The SMILES string of the molecule is CC(C)(C)OC(=O)N1CCC2(CC1)CC(O[Si](C)(C)C(C)(C)C)CC2=N[S@](=O)C(C)(C)C. The zero-order chi connectivity index (χ0) is 24.8. The summed E-state index contributed by atoms with van der Waals surface area (Å²) in [4.78, 5) is 14.4. The third-order valence-electron chi connectivity index (χ3n) is 7.01. The molecule has 2 atom stereocenters. The van der Waals surface area contributed by atoms with Gasteiger partial charge in [-0.1, -0.05) is 20.8 Å². The molecule has 1 heterocycles. The normalized spacial score (nSPS) is 24.8. The first-order valence-electron chi connectivity index (χ1n) is 11.9. The summed E-state index contributed by atoms with van der Waals surface area (Å²) in [6, 6.07) is 0. The Morgan fingerprint density at radius 2 is 1.59 bits per heavy atom. The summed E-state index contributed by atoms with van der Waals surface area (Å²) < 4.78 is 29.7. The number of hydrogen-bond acceptors (Lipinski definition) is 4. The Balaban J connectivity index is 2.25. The van der Waals surface area contributed by atoms with Crippen molar-refractivity contribution in [3.05, 3.63) is 0 Å². The molecule has 6 nitrogen and oxygen atoms in total. The Labute approximate surface area is 199 Å². The lowest BCUT2D eigenvalue weighted by Gasteiger charge is -2.41. The summed E-state index contributed by atoms with van der Waals surface area (Å²) in [5.41, 5.74) is 0.378. The van der Waals surface area contributed by atoms with E-state index in [1.165, 1.54) is 0 Å². The van der Waals surface area contributed by atoms with E-state index in [1.54, 1.807) is 4.90 Å². The van der Waals surface area contributed by atoms with Crippen molar-refractivity contribution in [1.82, 2.24) is 4.90 Å². The topological polar surface area (TPSA) is 68.2 Å². The summed E-state index contributed by atoms with van der Waals surface area (Å²) in [6.07, 6.45) is 3.09. The Kier molecular flexibility index (Phi) is 7.86. The van der Waals surface area contributed by atoms with E-state index in [1.807, 2.05) is 41.5 Å². The van der Waals surface area contributed by atoms with Crippen LogP contribution in [0.2, 0.25) is 18.1 Å². The first-order chi connectivity index (χ1) is 14.3. The summed E-state index contributed by atoms with van der Waals surface area (Å²) in [5, 5.41) is 0.133. The van der Waals surface area contributed by atoms with Crippen LogP contribution < -0.4 is 0 Å². The predicted molar refractivity (Wildman–Crippen MR) is 136 cm³/mol. The van der Waals surface area contributed by atoms with Gasteiger partial charge < -0.3 is 14.1 Å². The second-order valence-corrected chi connectivity index (χ2v) is 19.7. The fourth-order valence-electron chi connectivity index (χ4n) is 4.04. The Morgan fingerprint density at radius 1 is 1.06 bits per heavy atom. The zero-order valence-corrected chi connectivity index (χ0v) is 24.1. The zero-order valence-electron chi connectivity index (χ0n) is 22.3. The van der Waals surface area contributed by atoms with Crippen molar-refractivity contribution in [3.8, 4) is 0 Å². The molecule has 0 aromatic rings. The van der Waals surface area contributed by atoms with Crippen LogP contribution in [-0.4, -0.2) is 58.8 Å². The van der Waals surface area contributed by atoms with Gasteiger partial charge in [-0.3, -0.25) is 0 Å². The summed E-state index contributed by atoms with van der Waals surface area (Å²) in [7, 11) is -3.23. The molecule has 1 spiro atoms. The summed E-state index contributed by atoms with van der Waals surface area (Å²) >= 11 is 0. The molecule has 186 valence electrons. The van der Waals surface area contributed by atoms with Gasteiger partial charge in [0.25, 0.3) is 0 Å². The molecule has 1 saturated heterocycles. The molecule has 0 bridgehead atoms. The maximum absolute atomic E-state index is 12.9. The third-order valence-corrected chi connectivity index (χ3v) is 13.0. The van der Waals surface area contributed by atoms with E-state index in [0.717, 1.165) is 31.4 Å². The molecule has 1 amide bonds. The fraction of sp³-hybridized carbons (Fsp3) is 0.917. The quantitative estimate of drug-likeness (QED) is 0.453. The molecule has 0 aromatic carbocycles.